The summed E-state index contributed by atoms with van der Waals surface area (Å²) in [5, 5.41) is 0. The number of ketones is 2. The number of fused-ring (bicyclic) bond motifs is 5. The number of hydrogen-bond donors (Lipinski definition) is 0. The van der Waals surface area contributed by atoms with Crippen molar-refractivity contribution < 1.29 is 14.4 Å². The maximum atomic E-state index is 12.5. The van der Waals surface area contributed by atoms with Crippen LogP contribution >= 0.6 is 0 Å². The molecule has 3 nitrogen and oxygen atoms in total. The van der Waals surface area contributed by atoms with Crippen LogP contribution in [0.2, 0.25) is 0 Å². The highest BCUT2D eigenvalue weighted by Gasteiger charge is 2.61. The van der Waals surface area contributed by atoms with E-state index < -0.39 is 0 Å². The van der Waals surface area contributed by atoms with E-state index >= 15 is 0 Å². The van der Waals surface area contributed by atoms with E-state index in [4.69, 9.17) is 0 Å². The summed E-state index contributed by atoms with van der Waals surface area (Å²) in [6.07, 6.45) is 7.52. The standard InChI is InChI=1S/C21H26O3/c1-12-8-15-16-4-5-19(24)20(16,2)7-6-17(15)21(3)13(11-22)9-14(23)10-18(12)21/h10-11,13,15-17H,1,4-9H2,2-3H3/t13?,15-,16-,17-,20-,21+/m0/s1. The van der Waals surface area contributed by atoms with E-state index in [-0.39, 0.29) is 22.5 Å². The maximum absolute atomic E-state index is 12.5. The summed E-state index contributed by atoms with van der Waals surface area (Å²) in [7, 11) is 0. The van der Waals surface area contributed by atoms with Gasteiger partial charge < -0.3 is 4.79 Å². The molecule has 0 heterocycles. The Bertz CT molecular complexity index is 687. The van der Waals surface area contributed by atoms with Crippen molar-refractivity contribution in [3.8, 4) is 0 Å². The molecule has 0 spiro atoms. The molecule has 4 aliphatic rings. The van der Waals surface area contributed by atoms with E-state index in [1.807, 2.05) is 0 Å². The van der Waals surface area contributed by atoms with Gasteiger partial charge in [-0.1, -0.05) is 26.0 Å². The minimum absolute atomic E-state index is 0.0517. The van der Waals surface area contributed by atoms with Crippen LogP contribution in [0.1, 0.15) is 52.4 Å². The van der Waals surface area contributed by atoms with Crippen molar-refractivity contribution in [2.45, 2.75) is 52.4 Å². The largest absolute Gasteiger partial charge is 0.303 e. The monoisotopic (exact) mass is 326 g/mol. The highest BCUT2D eigenvalue weighted by molar-refractivity contribution is 5.95. The smallest absolute Gasteiger partial charge is 0.156 e. The minimum Gasteiger partial charge on any atom is -0.303 e. The first kappa shape index (κ1) is 16.0. The lowest BCUT2D eigenvalue weighted by Gasteiger charge is -2.58. The van der Waals surface area contributed by atoms with E-state index in [9.17, 15) is 14.4 Å². The van der Waals surface area contributed by atoms with Crippen molar-refractivity contribution in [1.29, 1.82) is 0 Å². The van der Waals surface area contributed by atoms with Crippen LogP contribution in [-0.2, 0) is 14.4 Å². The molecule has 1 unspecified atom stereocenters. The van der Waals surface area contributed by atoms with Crippen LogP contribution in [0.25, 0.3) is 0 Å². The molecular formula is C21H26O3. The molecule has 0 aromatic rings. The lowest BCUT2D eigenvalue weighted by molar-refractivity contribution is -0.135. The van der Waals surface area contributed by atoms with Gasteiger partial charge in [0.15, 0.2) is 5.78 Å². The quantitative estimate of drug-likeness (QED) is 0.691. The fraction of sp³-hybridized carbons (Fsp3) is 0.667. The van der Waals surface area contributed by atoms with E-state index in [1.165, 1.54) is 0 Å². The number of Topliss-reactive ketones (excluding diaryl/α,β-unsaturated/α-hetero) is 1. The Morgan fingerprint density at radius 1 is 1.17 bits per heavy atom. The van der Waals surface area contributed by atoms with Gasteiger partial charge in [-0.2, -0.15) is 0 Å². The average molecular weight is 326 g/mol. The number of hydrogen-bond acceptors (Lipinski definition) is 3. The van der Waals surface area contributed by atoms with Gasteiger partial charge in [0.05, 0.1) is 0 Å². The second-order valence-electron chi connectivity index (χ2n) is 8.86. The van der Waals surface area contributed by atoms with Crippen molar-refractivity contribution in [3.05, 3.63) is 23.8 Å². The molecule has 24 heavy (non-hydrogen) atoms. The molecule has 3 fully saturated rings. The predicted octanol–water partition coefficient (Wildman–Crippen LogP) is 3.68. The van der Waals surface area contributed by atoms with E-state index in [0.29, 0.717) is 36.4 Å². The van der Waals surface area contributed by atoms with Gasteiger partial charge in [0.2, 0.25) is 0 Å². The van der Waals surface area contributed by atoms with Crippen molar-refractivity contribution >= 4 is 17.9 Å². The third-order valence-electron chi connectivity index (χ3n) is 8.02. The van der Waals surface area contributed by atoms with Gasteiger partial charge in [-0.05, 0) is 55.1 Å². The molecule has 3 heteroatoms. The molecule has 0 radical (unpaired) electrons. The molecule has 4 rings (SSSR count). The normalized spacial score (nSPS) is 47.6. The zero-order valence-corrected chi connectivity index (χ0v) is 14.6. The molecule has 0 aromatic carbocycles. The van der Waals surface area contributed by atoms with Gasteiger partial charge >= 0.3 is 0 Å². The summed E-state index contributed by atoms with van der Waals surface area (Å²) >= 11 is 0. The molecule has 0 bridgehead atoms. The molecule has 4 aliphatic carbocycles. The summed E-state index contributed by atoms with van der Waals surface area (Å²) in [5.41, 5.74) is 1.57. The van der Waals surface area contributed by atoms with E-state index in [0.717, 1.165) is 43.1 Å². The van der Waals surface area contributed by atoms with Crippen LogP contribution in [0.15, 0.2) is 23.8 Å². The first-order valence-electron chi connectivity index (χ1n) is 9.24. The molecule has 3 saturated carbocycles. The van der Waals surface area contributed by atoms with Crippen LogP contribution in [0.3, 0.4) is 0 Å². The summed E-state index contributed by atoms with van der Waals surface area (Å²) < 4.78 is 0. The number of carbonyl (C=O) groups is 3. The van der Waals surface area contributed by atoms with Crippen LogP contribution < -0.4 is 0 Å². The maximum Gasteiger partial charge on any atom is 0.156 e. The molecule has 0 amide bonds. The van der Waals surface area contributed by atoms with Crippen molar-refractivity contribution in [1.82, 2.24) is 0 Å². The Balaban J connectivity index is 1.81. The summed E-state index contributed by atoms with van der Waals surface area (Å²) in [4.78, 5) is 36.4. The molecule has 6 atom stereocenters. The Kier molecular flexibility index (Phi) is 3.33. The fourth-order valence-corrected chi connectivity index (χ4v) is 6.63. The molecular weight excluding hydrogens is 300 g/mol. The molecule has 0 N–H and O–H groups in total. The number of carbonyl (C=O) groups excluding carboxylic acids is 3. The minimum atomic E-state index is -0.289. The van der Waals surface area contributed by atoms with Gasteiger partial charge in [0.25, 0.3) is 0 Å². The Labute approximate surface area is 143 Å². The van der Waals surface area contributed by atoms with E-state index in [2.05, 4.69) is 20.4 Å². The van der Waals surface area contributed by atoms with Crippen LogP contribution in [0, 0.1) is 34.5 Å². The summed E-state index contributed by atoms with van der Waals surface area (Å²) in [6.45, 7) is 8.60. The second-order valence-corrected chi connectivity index (χ2v) is 8.86. The van der Waals surface area contributed by atoms with Crippen LogP contribution in [0.5, 0.6) is 0 Å². The zero-order valence-electron chi connectivity index (χ0n) is 14.6. The lowest BCUT2D eigenvalue weighted by Crippen LogP contribution is -2.54. The summed E-state index contributed by atoms with van der Waals surface area (Å²) in [6, 6.07) is 0. The summed E-state index contributed by atoms with van der Waals surface area (Å²) in [5.74, 6) is 1.42. The third-order valence-corrected chi connectivity index (χ3v) is 8.02. The van der Waals surface area contributed by atoms with Crippen molar-refractivity contribution in [3.63, 3.8) is 0 Å². The van der Waals surface area contributed by atoms with Crippen molar-refractivity contribution in [2.24, 2.45) is 34.5 Å². The van der Waals surface area contributed by atoms with E-state index in [1.54, 1.807) is 6.08 Å². The Hall–Kier alpha value is -1.51. The fourth-order valence-electron chi connectivity index (χ4n) is 6.63. The Morgan fingerprint density at radius 2 is 1.92 bits per heavy atom. The van der Waals surface area contributed by atoms with Gasteiger partial charge in [0, 0.05) is 29.6 Å². The third kappa shape index (κ3) is 1.81. The zero-order chi connectivity index (χ0) is 17.3. The van der Waals surface area contributed by atoms with Crippen LogP contribution in [0.4, 0.5) is 0 Å². The molecule has 0 saturated heterocycles. The molecule has 0 aliphatic heterocycles. The number of rotatable bonds is 1. The molecule has 0 aromatic heterocycles. The highest BCUT2D eigenvalue weighted by atomic mass is 16.1. The first-order valence-corrected chi connectivity index (χ1v) is 9.24. The first-order chi connectivity index (χ1) is 11.3. The lowest BCUT2D eigenvalue weighted by atomic mass is 9.44. The SMILES string of the molecule is C=C1C[C@H]2[C@@H]3CCC(=O)[C@@]3(C)CC[C@@H]2[C@]2(C)C1=CC(=O)CC2C=O. The van der Waals surface area contributed by atoms with Gasteiger partial charge in [-0.15, -0.1) is 0 Å². The number of allylic oxidation sites excluding steroid dienone is 2. The number of aldehydes is 1. The van der Waals surface area contributed by atoms with Crippen molar-refractivity contribution in [2.75, 3.05) is 0 Å². The van der Waals surface area contributed by atoms with Crippen LogP contribution in [-0.4, -0.2) is 17.9 Å². The average Bonchev–Trinajstić information content (AvgIpc) is 2.84. The van der Waals surface area contributed by atoms with Gasteiger partial charge in [0.1, 0.15) is 12.1 Å². The van der Waals surface area contributed by atoms with Gasteiger partial charge in [-0.25, -0.2) is 0 Å². The highest BCUT2D eigenvalue weighted by Crippen LogP contribution is 2.66. The molecule has 128 valence electrons. The Morgan fingerprint density at radius 3 is 2.62 bits per heavy atom. The van der Waals surface area contributed by atoms with Gasteiger partial charge in [-0.3, -0.25) is 9.59 Å². The second kappa shape index (κ2) is 5.00. The topological polar surface area (TPSA) is 51.2 Å². The predicted molar refractivity (Wildman–Crippen MR) is 91.2 cm³/mol.